The molecule has 0 unspecified atom stereocenters. The number of aryl methyl sites for hydroxylation is 1. The summed E-state index contributed by atoms with van der Waals surface area (Å²) in [6.07, 6.45) is 1.22. The number of carbonyl (C=O) groups is 2. The molecule has 4 aromatic rings. The van der Waals surface area contributed by atoms with Gasteiger partial charge in [0.05, 0.1) is 29.0 Å². The van der Waals surface area contributed by atoms with Crippen LogP contribution in [-0.4, -0.2) is 56.2 Å². The second kappa shape index (κ2) is 12.3. The number of carbonyl (C=O) groups excluding carboxylic acids is 2. The Morgan fingerprint density at radius 2 is 1.85 bits per heavy atom. The van der Waals surface area contributed by atoms with Crippen LogP contribution in [-0.2, 0) is 15.3 Å². The first-order chi connectivity index (χ1) is 19.0. The number of aromatic nitrogens is 4. The zero-order valence-corrected chi connectivity index (χ0v) is 24.1. The zero-order valence-electron chi connectivity index (χ0n) is 21.7. The van der Waals surface area contributed by atoms with E-state index in [1.54, 1.807) is 17.2 Å². The van der Waals surface area contributed by atoms with E-state index >= 15 is 0 Å². The summed E-state index contributed by atoms with van der Waals surface area (Å²) in [6.45, 7) is 5.27. The summed E-state index contributed by atoms with van der Waals surface area (Å²) in [5.41, 5.74) is 3.29. The lowest BCUT2D eigenvalue weighted by Gasteiger charge is -2.30. The van der Waals surface area contributed by atoms with Crippen LogP contribution in [0.5, 0.6) is 0 Å². The summed E-state index contributed by atoms with van der Waals surface area (Å²) in [7, 11) is 0. The molecule has 39 heavy (non-hydrogen) atoms. The largest absolute Gasteiger partial charge is 0.466 e. The minimum absolute atomic E-state index is 0.103. The van der Waals surface area contributed by atoms with Gasteiger partial charge in [0.15, 0.2) is 11.0 Å². The Morgan fingerprint density at radius 3 is 2.59 bits per heavy atom. The van der Waals surface area contributed by atoms with Gasteiger partial charge in [0.25, 0.3) is 5.91 Å². The highest BCUT2D eigenvalue weighted by atomic mass is 35.5. The molecule has 0 bridgehead atoms. The maximum atomic E-state index is 13.1. The number of para-hydroxylation sites is 1. The molecule has 202 valence electrons. The molecule has 1 aliphatic heterocycles. The second-order valence-electron chi connectivity index (χ2n) is 9.14. The lowest BCUT2D eigenvalue weighted by Crippen LogP contribution is -2.40. The van der Waals surface area contributed by atoms with E-state index in [1.165, 1.54) is 23.1 Å². The number of hydrogen-bond acceptors (Lipinski definition) is 8. The van der Waals surface area contributed by atoms with E-state index in [9.17, 15) is 9.59 Å². The number of thiazole rings is 1. The maximum Gasteiger partial charge on any atom is 0.309 e. The Labute approximate surface area is 240 Å². The van der Waals surface area contributed by atoms with Crippen molar-refractivity contribution < 1.29 is 14.3 Å². The molecule has 0 spiro atoms. The molecule has 3 heterocycles. The van der Waals surface area contributed by atoms with Crippen LogP contribution in [0.25, 0.3) is 17.1 Å². The van der Waals surface area contributed by atoms with E-state index in [1.807, 2.05) is 47.0 Å². The standard InChI is InChI=1S/C28H28ClN5O3S2/c1-3-37-27(36)19-12-14-33(15-13-19)26(35)22-16-38-24(30-22)17-39-28-32-31-25(20-9-5-6-10-21(20)29)34(28)23-11-7-4-8-18(23)2/h4-11,16,19H,3,12-15,17H2,1-2H3. The van der Waals surface area contributed by atoms with Crippen LogP contribution < -0.4 is 0 Å². The topological polar surface area (TPSA) is 90.2 Å². The van der Waals surface area contributed by atoms with Crippen LogP contribution in [0.3, 0.4) is 0 Å². The average Bonchev–Trinajstić information content (AvgIpc) is 3.60. The third-order valence-corrected chi connectivity index (χ3v) is 8.90. The van der Waals surface area contributed by atoms with Crippen LogP contribution in [0.1, 0.15) is 40.8 Å². The van der Waals surface area contributed by atoms with Gasteiger partial charge in [0.2, 0.25) is 0 Å². The molecule has 8 nitrogen and oxygen atoms in total. The van der Waals surface area contributed by atoms with Crippen molar-refractivity contribution >= 4 is 46.6 Å². The van der Waals surface area contributed by atoms with Gasteiger partial charge in [-0.15, -0.1) is 21.5 Å². The third-order valence-electron chi connectivity index (χ3n) is 6.60. The normalized spacial score (nSPS) is 14.0. The Morgan fingerprint density at radius 1 is 1.10 bits per heavy atom. The molecule has 1 amide bonds. The molecule has 11 heteroatoms. The number of thioether (sulfide) groups is 1. The smallest absolute Gasteiger partial charge is 0.309 e. The molecule has 2 aromatic carbocycles. The highest BCUT2D eigenvalue weighted by molar-refractivity contribution is 7.98. The molecule has 1 aliphatic rings. The zero-order chi connectivity index (χ0) is 27.4. The number of likely N-dealkylation sites (tertiary alicyclic amines) is 1. The molecule has 2 aromatic heterocycles. The quantitative estimate of drug-likeness (QED) is 0.184. The van der Waals surface area contributed by atoms with E-state index in [0.29, 0.717) is 60.0 Å². The van der Waals surface area contributed by atoms with E-state index in [2.05, 4.69) is 28.2 Å². The molecule has 5 rings (SSSR count). The molecule has 0 saturated carbocycles. The summed E-state index contributed by atoms with van der Waals surface area (Å²) in [4.78, 5) is 31.5. The highest BCUT2D eigenvalue weighted by Gasteiger charge is 2.29. The summed E-state index contributed by atoms with van der Waals surface area (Å²) < 4.78 is 7.15. The Kier molecular flexibility index (Phi) is 8.64. The third kappa shape index (κ3) is 6.03. The molecular weight excluding hydrogens is 554 g/mol. The number of hydrogen-bond donors (Lipinski definition) is 0. The van der Waals surface area contributed by atoms with Gasteiger partial charge < -0.3 is 9.64 Å². The van der Waals surface area contributed by atoms with Crippen LogP contribution in [0.15, 0.2) is 59.1 Å². The molecule has 0 aliphatic carbocycles. The van der Waals surface area contributed by atoms with Crippen molar-refractivity contribution in [2.75, 3.05) is 19.7 Å². The summed E-state index contributed by atoms with van der Waals surface area (Å²) in [6, 6.07) is 15.7. The van der Waals surface area contributed by atoms with Gasteiger partial charge in [-0.1, -0.05) is 53.7 Å². The number of esters is 1. The number of rotatable bonds is 8. The van der Waals surface area contributed by atoms with Crippen LogP contribution in [0, 0.1) is 12.8 Å². The predicted molar refractivity (Wildman–Crippen MR) is 153 cm³/mol. The van der Waals surface area contributed by atoms with Crippen LogP contribution in [0.4, 0.5) is 0 Å². The van der Waals surface area contributed by atoms with Crippen molar-refractivity contribution in [2.24, 2.45) is 5.92 Å². The van der Waals surface area contributed by atoms with Gasteiger partial charge in [0.1, 0.15) is 10.7 Å². The molecule has 1 saturated heterocycles. The first-order valence-corrected chi connectivity index (χ1v) is 15.0. The molecule has 0 atom stereocenters. The Bertz CT molecular complexity index is 1480. The van der Waals surface area contributed by atoms with Crippen molar-refractivity contribution in [2.45, 2.75) is 37.6 Å². The molecule has 0 radical (unpaired) electrons. The fraction of sp³-hybridized carbons (Fsp3) is 0.321. The predicted octanol–water partition coefficient (Wildman–Crippen LogP) is 6.06. The van der Waals surface area contributed by atoms with Crippen molar-refractivity contribution in [3.05, 3.63) is 75.2 Å². The Balaban J connectivity index is 1.31. The minimum Gasteiger partial charge on any atom is -0.466 e. The number of halogens is 1. The van der Waals surface area contributed by atoms with Crippen LogP contribution in [0.2, 0.25) is 5.02 Å². The van der Waals surface area contributed by atoms with Gasteiger partial charge in [-0.2, -0.15) is 0 Å². The maximum absolute atomic E-state index is 13.1. The number of amides is 1. The first-order valence-electron chi connectivity index (χ1n) is 12.8. The fourth-order valence-electron chi connectivity index (χ4n) is 4.55. The van der Waals surface area contributed by atoms with Gasteiger partial charge >= 0.3 is 5.97 Å². The number of benzene rings is 2. The average molecular weight is 582 g/mol. The lowest BCUT2D eigenvalue weighted by molar-refractivity contribution is -0.149. The fourth-order valence-corrected chi connectivity index (χ4v) is 6.51. The van der Waals surface area contributed by atoms with Crippen molar-refractivity contribution in [1.29, 1.82) is 0 Å². The van der Waals surface area contributed by atoms with Gasteiger partial charge in [0, 0.05) is 24.0 Å². The second-order valence-corrected chi connectivity index (χ2v) is 11.4. The van der Waals surface area contributed by atoms with Gasteiger partial charge in [-0.25, -0.2) is 4.98 Å². The van der Waals surface area contributed by atoms with E-state index < -0.39 is 0 Å². The first kappa shape index (κ1) is 27.4. The van der Waals surface area contributed by atoms with Gasteiger partial charge in [-0.05, 0) is 50.5 Å². The Hall–Kier alpha value is -3.21. The van der Waals surface area contributed by atoms with Crippen molar-refractivity contribution in [3.8, 4) is 17.1 Å². The van der Waals surface area contributed by atoms with E-state index in [0.717, 1.165) is 21.8 Å². The number of piperidine rings is 1. The highest BCUT2D eigenvalue weighted by Crippen LogP contribution is 2.34. The van der Waals surface area contributed by atoms with Crippen LogP contribution >= 0.6 is 34.7 Å². The number of nitrogens with zero attached hydrogens (tertiary/aromatic N) is 5. The lowest BCUT2D eigenvalue weighted by atomic mass is 9.97. The molecule has 1 fully saturated rings. The minimum atomic E-state index is -0.172. The summed E-state index contributed by atoms with van der Waals surface area (Å²) >= 11 is 9.48. The van der Waals surface area contributed by atoms with E-state index in [4.69, 9.17) is 16.3 Å². The molecule has 0 N–H and O–H groups in total. The number of ether oxygens (including phenoxy) is 1. The van der Waals surface area contributed by atoms with Crippen molar-refractivity contribution in [1.82, 2.24) is 24.6 Å². The van der Waals surface area contributed by atoms with Crippen molar-refractivity contribution in [3.63, 3.8) is 0 Å². The molecular formula is C28H28ClN5O3S2. The van der Waals surface area contributed by atoms with Gasteiger partial charge in [-0.3, -0.25) is 14.2 Å². The monoisotopic (exact) mass is 581 g/mol. The summed E-state index contributed by atoms with van der Waals surface area (Å²) in [5.74, 6) is 0.786. The van der Waals surface area contributed by atoms with E-state index in [-0.39, 0.29) is 17.8 Å². The summed E-state index contributed by atoms with van der Waals surface area (Å²) in [5, 5.41) is 12.9. The SMILES string of the molecule is CCOC(=O)C1CCN(C(=O)c2csc(CSc3nnc(-c4ccccc4Cl)n3-c3ccccc3C)n2)CC1.